The molecule has 0 aromatic carbocycles. The van der Waals surface area contributed by atoms with Gasteiger partial charge in [0.1, 0.15) is 0 Å². The van der Waals surface area contributed by atoms with E-state index >= 15 is 0 Å². The third-order valence-electron chi connectivity index (χ3n) is 1.71. The van der Waals surface area contributed by atoms with Crippen LogP contribution in [0.1, 0.15) is 6.42 Å². The maximum Gasteiger partial charge on any atom is 0.168 e. The molecule has 0 spiro atoms. The average Bonchev–Trinajstić information content (AvgIpc) is 2.59. The van der Waals surface area contributed by atoms with Crippen molar-refractivity contribution in [2.45, 2.75) is 12.6 Å². The Bertz CT molecular complexity index is 143. The van der Waals surface area contributed by atoms with E-state index in [1.165, 1.54) is 0 Å². The van der Waals surface area contributed by atoms with Crippen LogP contribution in [0.25, 0.3) is 0 Å². The van der Waals surface area contributed by atoms with E-state index in [-0.39, 0.29) is 6.23 Å². The highest BCUT2D eigenvalue weighted by Crippen LogP contribution is 2.13. The molecule has 10 heavy (non-hydrogen) atoms. The average molecular weight is 142 g/mol. The summed E-state index contributed by atoms with van der Waals surface area (Å²) in [6.07, 6.45) is 2.90. The number of nitrogens with zero attached hydrogens (tertiary/aromatic N) is 2. The summed E-state index contributed by atoms with van der Waals surface area (Å²) in [5.41, 5.74) is 0. The first-order chi connectivity index (χ1) is 4.97. The highest BCUT2D eigenvalue weighted by atomic mass is 17.2. The molecule has 0 aromatic heterocycles. The fourth-order valence-electron chi connectivity index (χ4n) is 1.16. The van der Waals surface area contributed by atoms with Crippen LogP contribution in [0.5, 0.6) is 0 Å². The second kappa shape index (κ2) is 2.56. The van der Waals surface area contributed by atoms with Crippen LogP contribution in [0.4, 0.5) is 0 Å². The van der Waals surface area contributed by atoms with E-state index in [0.717, 1.165) is 19.5 Å². The van der Waals surface area contributed by atoms with Gasteiger partial charge < -0.3 is 4.90 Å². The molecule has 0 saturated carbocycles. The van der Waals surface area contributed by atoms with Gasteiger partial charge in [0.15, 0.2) is 6.23 Å². The number of rotatable bonds is 1. The summed E-state index contributed by atoms with van der Waals surface area (Å²) in [6, 6.07) is 0. The zero-order chi connectivity index (χ0) is 6.81. The van der Waals surface area contributed by atoms with Crippen molar-refractivity contribution in [2.75, 3.05) is 19.7 Å². The van der Waals surface area contributed by atoms with Crippen LogP contribution in [0.3, 0.4) is 0 Å². The molecular formula is C6H10N2O2. The molecule has 56 valence electrons. The zero-order valence-corrected chi connectivity index (χ0v) is 5.69. The van der Waals surface area contributed by atoms with E-state index in [2.05, 4.69) is 9.89 Å². The second-order valence-electron chi connectivity index (χ2n) is 2.42. The molecule has 1 unspecified atom stereocenters. The summed E-state index contributed by atoms with van der Waals surface area (Å²) in [5.74, 6) is 0. The van der Waals surface area contributed by atoms with E-state index in [1.54, 1.807) is 0 Å². The maximum absolute atomic E-state index is 4.97. The number of hydrogen-bond acceptors (Lipinski definition) is 4. The number of aliphatic imine (C=N–C) groups is 1. The molecule has 0 amide bonds. The summed E-state index contributed by atoms with van der Waals surface area (Å²) in [4.78, 5) is 15.9. The van der Waals surface area contributed by atoms with Gasteiger partial charge in [-0.25, -0.2) is 9.78 Å². The van der Waals surface area contributed by atoms with Gasteiger partial charge in [0, 0.05) is 13.0 Å². The van der Waals surface area contributed by atoms with E-state index in [9.17, 15) is 0 Å². The first-order valence-corrected chi connectivity index (χ1v) is 3.51. The molecule has 2 rings (SSSR count). The first-order valence-electron chi connectivity index (χ1n) is 3.51. The Kier molecular flexibility index (Phi) is 1.56. The van der Waals surface area contributed by atoms with Crippen molar-refractivity contribution in [3.8, 4) is 0 Å². The Morgan fingerprint density at radius 3 is 3.20 bits per heavy atom. The van der Waals surface area contributed by atoms with E-state index in [0.29, 0.717) is 6.61 Å². The fourth-order valence-corrected chi connectivity index (χ4v) is 1.16. The van der Waals surface area contributed by atoms with Gasteiger partial charge in [0.05, 0.1) is 19.5 Å². The molecule has 1 fully saturated rings. The normalized spacial score (nSPS) is 32.0. The predicted octanol–water partition coefficient (Wildman–Crippen LogP) is 0.00830. The molecule has 2 aliphatic rings. The zero-order valence-electron chi connectivity index (χ0n) is 5.69. The van der Waals surface area contributed by atoms with Gasteiger partial charge in [0.25, 0.3) is 0 Å². The van der Waals surface area contributed by atoms with E-state index in [1.807, 2.05) is 6.34 Å². The lowest BCUT2D eigenvalue weighted by atomic mass is 10.4. The molecular weight excluding hydrogens is 132 g/mol. The van der Waals surface area contributed by atoms with Crippen LogP contribution in [0, 0.1) is 0 Å². The lowest BCUT2D eigenvalue weighted by molar-refractivity contribution is -0.292. The van der Waals surface area contributed by atoms with Gasteiger partial charge in [0.2, 0.25) is 0 Å². The maximum atomic E-state index is 4.97. The van der Waals surface area contributed by atoms with Crippen molar-refractivity contribution in [1.29, 1.82) is 0 Å². The molecule has 2 heterocycles. The summed E-state index contributed by atoms with van der Waals surface area (Å²) < 4.78 is 0. The van der Waals surface area contributed by atoms with E-state index in [4.69, 9.17) is 9.78 Å². The molecule has 1 saturated heterocycles. The minimum Gasteiger partial charge on any atom is -0.333 e. The summed E-state index contributed by atoms with van der Waals surface area (Å²) in [7, 11) is 0. The van der Waals surface area contributed by atoms with Crippen molar-refractivity contribution < 1.29 is 9.78 Å². The van der Waals surface area contributed by atoms with Gasteiger partial charge in [-0.05, 0) is 0 Å². The lowest BCUT2D eigenvalue weighted by Crippen LogP contribution is -2.31. The van der Waals surface area contributed by atoms with Crippen molar-refractivity contribution in [3.05, 3.63) is 0 Å². The fraction of sp³-hybridized carbons (Fsp3) is 0.833. The van der Waals surface area contributed by atoms with Crippen LogP contribution in [-0.4, -0.2) is 37.2 Å². The molecule has 0 aromatic rings. The van der Waals surface area contributed by atoms with Crippen LogP contribution in [-0.2, 0) is 9.78 Å². The van der Waals surface area contributed by atoms with Gasteiger partial charge in [-0.15, -0.1) is 0 Å². The van der Waals surface area contributed by atoms with Gasteiger partial charge >= 0.3 is 0 Å². The molecule has 0 radical (unpaired) electrons. The van der Waals surface area contributed by atoms with Crippen LogP contribution in [0.15, 0.2) is 4.99 Å². The van der Waals surface area contributed by atoms with Crippen molar-refractivity contribution in [1.82, 2.24) is 4.90 Å². The van der Waals surface area contributed by atoms with Gasteiger partial charge in [-0.3, -0.25) is 4.99 Å². The van der Waals surface area contributed by atoms with Crippen LogP contribution < -0.4 is 0 Å². The monoisotopic (exact) mass is 142 g/mol. The topological polar surface area (TPSA) is 34.1 Å². The van der Waals surface area contributed by atoms with Crippen molar-refractivity contribution in [2.24, 2.45) is 4.99 Å². The summed E-state index contributed by atoms with van der Waals surface area (Å²) >= 11 is 0. The summed E-state index contributed by atoms with van der Waals surface area (Å²) in [6.45, 7) is 2.56. The predicted molar refractivity (Wildman–Crippen MR) is 35.5 cm³/mol. The summed E-state index contributed by atoms with van der Waals surface area (Å²) in [5, 5.41) is 0. The van der Waals surface area contributed by atoms with Crippen molar-refractivity contribution >= 4 is 6.34 Å². The van der Waals surface area contributed by atoms with Crippen LogP contribution >= 0.6 is 0 Å². The molecule has 2 aliphatic heterocycles. The molecule has 0 bridgehead atoms. The Morgan fingerprint density at radius 1 is 1.60 bits per heavy atom. The largest absolute Gasteiger partial charge is 0.333 e. The van der Waals surface area contributed by atoms with Crippen LogP contribution in [0.2, 0.25) is 0 Å². The standard InChI is InChI=1S/C6H10N2O2/c1-4-9-10-6(1)8-3-2-7-5-8/h5-6H,1-4H2. The van der Waals surface area contributed by atoms with Crippen molar-refractivity contribution in [3.63, 3.8) is 0 Å². The lowest BCUT2D eigenvalue weighted by Gasteiger charge is -2.18. The molecule has 1 atom stereocenters. The molecule has 4 heteroatoms. The molecule has 0 N–H and O–H groups in total. The molecule has 0 aliphatic carbocycles. The minimum atomic E-state index is 0.117. The highest BCUT2D eigenvalue weighted by molar-refractivity contribution is 5.57. The third kappa shape index (κ3) is 0.998. The second-order valence-corrected chi connectivity index (χ2v) is 2.42. The Morgan fingerprint density at radius 2 is 2.60 bits per heavy atom. The Balaban J connectivity index is 1.91. The smallest absolute Gasteiger partial charge is 0.168 e. The Labute approximate surface area is 59.4 Å². The Hall–Kier alpha value is -0.610. The highest BCUT2D eigenvalue weighted by Gasteiger charge is 2.24. The van der Waals surface area contributed by atoms with Gasteiger partial charge in [-0.1, -0.05) is 0 Å². The quantitative estimate of drug-likeness (QED) is 0.483. The SMILES string of the molecule is C1=NCCN1C1CCOO1. The number of hydrogen-bond donors (Lipinski definition) is 0. The van der Waals surface area contributed by atoms with Gasteiger partial charge in [-0.2, -0.15) is 0 Å². The minimum absolute atomic E-state index is 0.117. The third-order valence-corrected chi connectivity index (χ3v) is 1.71. The first kappa shape index (κ1) is 6.12. The molecule has 4 nitrogen and oxygen atoms in total. The van der Waals surface area contributed by atoms with E-state index < -0.39 is 0 Å².